The first-order chi connectivity index (χ1) is 5.55. The summed E-state index contributed by atoms with van der Waals surface area (Å²) >= 11 is 3.45. The van der Waals surface area contributed by atoms with Gasteiger partial charge in [0, 0.05) is 5.69 Å². The summed E-state index contributed by atoms with van der Waals surface area (Å²) in [7, 11) is 0. The van der Waals surface area contributed by atoms with Gasteiger partial charge >= 0.3 is 0 Å². The lowest BCUT2D eigenvalue weighted by molar-refractivity contribution is 0.345. The van der Waals surface area contributed by atoms with Gasteiger partial charge < -0.3 is 0 Å². The van der Waals surface area contributed by atoms with Crippen molar-refractivity contribution in [2.75, 3.05) is 0 Å². The second kappa shape index (κ2) is 3.60. The van der Waals surface area contributed by atoms with Crippen LogP contribution in [0, 0.1) is 5.41 Å². The van der Waals surface area contributed by atoms with Gasteiger partial charge in [0.05, 0.1) is 10.7 Å². The number of hydrogen-bond acceptors (Lipinski definition) is 1. The third-order valence-corrected chi connectivity index (χ3v) is 2.96. The molecule has 68 valence electrons. The standard InChI is InChI=1S/C9H15BrN2/c1-4-9(2,3)5-8-7(10)6-11-12-8/h6H,4-5H2,1-3H3,(H,11,12). The van der Waals surface area contributed by atoms with Crippen molar-refractivity contribution in [2.45, 2.75) is 33.6 Å². The van der Waals surface area contributed by atoms with Gasteiger partial charge in [0.25, 0.3) is 0 Å². The van der Waals surface area contributed by atoms with Crippen LogP contribution in [-0.4, -0.2) is 10.2 Å². The number of aromatic nitrogens is 2. The molecule has 0 fully saturated rings. The van der Waals surface area contributed by atoms with Crippen LogP contribution in [-0.2, 0) is 6.42 Å². The third-order valence-electron chi connectivity index (χ3n) is 2.28. The molecule has 1 N–H and O–H groups in total. The van der Waals surface area contributed by atoms with E-state index in [2.05, 4.69) is 46.9 Å². The molecule has 0 unspecified atom stereocenters. The van der Waals surface area contributed by atoms with Crippen molar-refractivity contribution in [3.63, 3.8) is 0 Å². The largest absolute Gasteiger partial charge is 0.281 e. The van der Waals surface area contributed by atoms with Crippen molar-refractivity contribution in [1.82, 2.24) is 10.2 Å². The molecule has 1 aromatic rings. The van der Waals surface area contributed by atoms with Gasteiger partial charge in [-0.25, -0.2) is 0 Å². The maximum atomic E-state index is 3.97. The average Bonchev–Trinajstić information content (AvgIpc) is 2.36. The summed E-state index contributed by atoms with van der Waals surface area (Å²) in [6, 6.07) is 0. The first kappa shape index (κ1) is 9.78. The summed E-state index contributed by atoms with van der Waals surface area (Å²) < 4.78 is 1.09. The molecule has 0 aliphatic rings. The van der Waals surface area contributed by atoms with Crippen molar-refractivity contribution < 1.29 is 0 Å². The zero-order chi connectivity index (χ0) is 9.19. The summed E-state index contributed by atoms with van der Waals surface area (Å²) in [6.45, 7) is 6.74. The van der Waals surface area contributed by atoms with Crippen LogP contribution in [0.5, 0.6) is 0 Å². The molecular weight excluding hydrogens is 216 g/mol. The van der Waals surface area contributed by atoms with E-state index in [1.807, 2.05) is 0 Å². The van der Waals surface area contributed by atoms with Crippen LogP contribution in [0.4, 0.5) is 0 Å². The van der Waals surface area contributed by atoms with E-state index in [4.69, 9.17) is 0 Å². The molecule has 3 heteroatoms. The predicted molar refractivity (Wildman–Crippen MR) is 54.1 cm³/mol. The van der Waals surface area contributed by atoms with Crippen molar-refractivity contribution >= 4 is 15.9 Å². The van der Waals surface area contributed by atoms with Crippen LogP contribution in [0.25, 0.3) is 0 Å². The van der Waals surface area contributed by atoms with Crippen LogP contribution < -0.4 is 0 Å². The first-order valence-corrected chi connectivity index (χ1v) is 5.02. The maximum absolute atomic E-state index is 3.97. The van der Waals surface area contributed by atoms with Crippen LogP contribution in [0.15, 0.2) is 10.7 Å². The van der Waals surface area contributed by atoms with E-state index < -0.39 is 0 Å². The fourth-order valence-corrected chi connectivity index (χ4v) is 1.36. The van der Waals surface area contributed by atoms with Crippen molar-refractivity contribution in [3.8, 4) is 0 Å². The van der Waals surface area contributed by atoms with E-state index in [0.29, 0.717) is 5.41 Å². The van der Waals surface area contributed by atoms with Crippen LogP contribution in [0.3, 0.4) is 0 Å². The summed E-state index contributed by atoms with van der Waals surface area (Å²) in [5.41, 5.74) is 1.55. The summed E-state index contributed by atoms with van der Waals surface area (Å²) in [4.78, 5) is 0. The number of nitrogens with one attached hydrogen (secondary N) is 1. The van der Waals surface area contributed by atoms with E-state index in [9.17, 15) is 0 Å². The Morgan fingerprint density at radius 2 is 2.25 bits per heavy atom. The SMILES string of the molecule is CCC(C)(C)Cc1[nH]ncc1Br. The van der Waals surface area contributed by atoms with Gasteiger partial charge in [0.1, 0.15) is 0 Å². The monoisotopic (exact) mass is 230 g/mol. The van der Waals surface area contributed by atoms with Gasteiger partial charge in [-0.3, -0.25) is 5.10 Å². The summed E-state index contributed by atoms with van der Waals surface area (Å²) in [5, 5.41) is 6.97. The number of nitrogens with zero attached hydrogens (tertiary/aromatic N) is 1. The number of aromatic amines is 1. The molecule has 0 radical (unpaired) electrons. The highest BCUT2D eigenvalue weighted by atomic mass is 79.9. The quantitative estimate of drug-likeness (QED) is 0.850. The highest BCUT2D eigenvalue weighted by Gasteiger charge is 2.18. The molecule has 0 saturated carbocycles. The van der Waals surface area contributed by atoms with Crippen molar-refractivity contribution in [3.05, 3.63) is 16.4 Å². The molecule has 2 nitrogen and oxygen atoms in total. The number of H-pyrrole nitrogens is 1. The molecule has 12 heavy (non-hydrogen) atoms. The second-order valence-electron chi connectivity index (χ2n) is 3.89. The fourth-order valence-electron chi connectivity index (χ4n) is 1.03. The number of rotatable bonds is 3. The summed E-state index contributed by atoms with van der Waals surface area (Å²) in [5.74, 6) is 0. The van der Waals surface area contributed by atoms with E-state index in [1.165, 1.54) is 12.1 Å². The lowest BCUT2D eigenvalue weighted by Gasteiger charge is -2.21. The minimum atomic E-state index is 0.356. The molecule has 1 aromatic heterocycles. The lowest BCUT2D eigenvalue weighted by Crippen LogP contribution is -2.13. The molecule has 0 amide bonds. The molecule has 0 bridgehead atoms. The first-order valence-electron chi connectivity index (χ1n) is 4.23. The Morgan fingerprint density at radius 3 is 2.67 bits per heavy atom. The zero-order valence-electron chi connectivity index (χ0n) is 7.82. The topological polar surface area (TPSA) is 28.7 Å². The molecule has 0 aromatic carbocycles. The molecule has 0 saturated heterocycles. The average molecular weight is 231 g/mol. The van der Waals surface area contributed by atoms with Gasteiger partial charge in [-0.2, -0.15) is 5.10 Å². The maximum Gasteiger partial charge on any atom is 0.0632 e. The van der Waals surface area contributed by atoms with Gasteiger partial charge in [-0.15, -0.1) is 0 Å². The molecule has 0 aliphatic carbocycles. The van der Waals surface area contributed by atoms with Crippen molar-refractivity contribution in [1.29, 1.82) is 0 Å². The van der Waals surface area contributed by atoms with Crippen molar-refractivity contribution in [2.24, 2.45) is 5.41 Å². The number of halogens is 1. The third kappa shape index (κ3) is 2.34. The van der Waals surface area contributed by atoms with Gasteiger partial charge in [0.15, 0.2) is 0 Å². The zero-order valence-corrected chi connectivity index (χ0v) is 9.40. The normalized spacial score (nSPS) is 12.0. The Bertz CT molecular complexity index is 253. The van der Waals surface area contributed by atoms with Gasteiger partial charge in [-0.05, 0) is 27.8 Å². The van der Waals surface area contributed by atoms with E-state index in [-0.39, 0.29) is 0 Å². The Balaban J connectivity index is 2.70. The molecule has 0 spiro atoms. The van der Waals surface area contributed by atoms with E-state index >= 15 is 0 Å². The Labute approximate surface area is 81.9 Å². The highest BCUT2D eigenvalue weighted by Crippen LogP contribution is 2.27. The molecule has 0 aliphatic heterocycles. The Morgan fingerprint density at radius 1 is 1.58 bits per heavy atom. The Hall–Kier alpha value is -0.310. The minimum Gasteiger partial charge on any atom is -0.281 e. The van der Waals surface area contributed by atoms with Crippen LogP contribution in [0.2, 0.25) is 0 Å². The fraction of sp³-hybridized carbons (Fsp3) is 0.667. The Kier molecular flexibility index (Phi) is 2.94. The van der Waals surface area contributed by atoms with Gasteiger partial charge in [0.2, 0.25) is 0 Å². The van der Waals surface area contributed by atoms with Crippen LogP contribution >= 0.6 is 15.9 Å². The van der Waals surface area contributed by atoms with E-state index in [1.54, 1.807) is 6.20 Å². The lowest BCUT2D eigenvalue weighted by atomic mass is 9.85. The molecule has 0 atom stereocenters. The second-order valence-corrected chi connectivity index (χ2v) is 4.75. The van der Waals surface area contributed by atoms with Crippen LogP contribution in [0.1, 0.15) is 32.9 Å². The van der Waals surface area contributed by atoms with E-state index in [0.717, 1.165) is 10.9 Å². The molecular formula is C9H15BrN2. The molecule has 1 heterocycles. The minimum absolute atomic E-state index is 0.356. The predicted octanol–water partition coefficient (Wildman–Crippen LogP) is 3.15. The summed E-state index contributed by atoms with van der Waals surface area (Å²) in [6.07, 6.45) is 4.03. The highest BCUT2D eigenvalue weighted by molar-refractivity contribution is 9.10. The van der Waals surface area contributed by atoms with Gasteiger partial charge in [-0.1, -0.05) is 27.2 Å². The number of hydrogen-bond donors (Lipinski definition) is 1. The smallest absolute Gasteiger partial charge is 0.0632 e. The molecule has 1 rings (SSSR count).